The number of hydrogen-bond donors (Lipinski definition) is 0. The van der Waals surface area contributed by atoms with Crippen molar-refractivity contribution in [3.63, 3.8) is 0 Å². The summed E-state index contributed by atoms with van der Waals surface area (Å²) in [6, 6.07) is 9.23. The zero-order chi connectivity index (χ0) is 29.6. The predicted molar refractivity (Wildman–Crippen MR) is 165 cm³/mol. The fourth-order valence-corrected chi connectivity index (χ4v) is 9.59. The highest BCUT2D eigenvalue weighted by Crippen LogP contribution is 2.70. The lowest BCUT2D eigenvalue weighted by Crippen LogP contribution is -2.52. The molecule has 1 aromatic carbocycles. The van der Waals surface area contributed by atoms with Crippen molar-refractivity contribution in [2.24, 2.45) is 28.6 Å². The molecule has 0 radical (unpaired) electrons. The maximum absolute atomic E-state index is 14.0. The molecule has 222 valence electrons. The fourth-order valence-electron chi connectivity index (χ4n) is 9.59. The zero-order valence-corrected chi connectivity index (χ0v) is 25.8. The summed E-state index contributed by atoms with van der Waals surface area (Å²) >= 11 is 0. The number of nitrogens with zero attached hydrogens (tertiary/aromatic N) is 1. The number of ether oxygens (including phenoxy) is 1. The van der Waals surface area contributed by atoms with E-state index in [1.165, 1.54) is 54.2 Å². The van der Waals surface area contributed by atoms with Gasteiger partial charge in [0.15, 0.2) is 18.2 Å². The highest BCUT2D eigenvalue weighted by Gasteiger charge is 2.65. The van der Waals surface area contributed by atoms with E-state index >= 15 is 0 Å². The standard InChI is InChI=1S/C37H45NO4/c1-5-16-37(34(41)23-42-25(3)39)17-15-33-31-20-24(2)30-21-28(40)13-14-29(30)35(31)32(22-36(33,37)4)26-9-11-27(12-10-26)38-18-7-6-8-19-38/h9-12,21,24,31-33H,6-8,13-15,17-20,22-23H2,1-4H3/t24?,31-,32?,33-,36-,37+/m0/s1. The van der Waals surface area contributed by atoms with Crippen LogP contribution in [0.25, 0.3) is 0 Å². The Bertz CT molecular complexity index is 1400. The normalized spacial score (nSPS) is 34.0. The summed E-state index contributed by atoms with van der Waals surface area (Å²) in [5.74, 6) is 7.46. The first-order valence-electron chi connectivity index (χ1n) is 16.1. The summed E-state index contributed by atoms with van der Waals surface area (Å²) in [7, 11) is 0. The maximum atomic E-state index is 14.0. The van der Waals surface area contributed by atoms with Crippen LogP contribution in [0.5, 0.6) is 0 Å². The van der Waals surface area contributed by atoms with E-state index < -0.39 is 11.4 Å². The molecule has 2 unspecified atom stereocenters. The van der Waals surface area contributed by atoms with Gasteiger partial charge in [-0.15, -0.1) is 5.92 Å². The van der Waals surface area contributed by atoms with Gasteiger partial charge in [-0.1, -0.05) is 37.5 Å². The number of allylic oxidation sites excluding steroid dienone is 4. The van der Waals surface area contributed by atoms with E-state index in [1.807, 2.05) is 13.0 Å². The fraction of sp³-hybridized carbons (Fsp3) is 0.595. The van der Waals surface area contributed by atoms with E-state index in [9.17, 15) is 14.4 Å². The molecule has 5 heteroatoms. The molecule has 1 heterocycles. The summed E-state index contributed by atoms with van der Waals surface area (Å²) in [5.41, 5.74) is 5.57. The van der Waals surface area contributed by atoms with Crippen LogP contribution in [0.2, 0.25) is 0 Å². The molecule has 0 bridgehead atoms. The second kappa shape index (κ2) is 11.2. The second-order valence-electron chi connectivity index (χ2n) is 13.7. The highest BCUT2D eigenvalue weighted by atomic mass is 16.5. The Kier molecular flexibility index (Phi) is 7.71. The lowest BCUT2D eigenvalue weighted by molar-refractivity contribution is -0.150. The quantitative estimate of drug-likeness (QED) is 0.284. The highest BCUT2D eigenvalue weighted by molar-refractivity contribution is 5.93. The largest absolute Gasteiger partial charge is 0.458 e. The number of esters is 1. The van der Waals surface area contributed by atoms with Gasteiger partial charge in [-0.2, -0.15) is 0 Å². The first kappa shape index (κ1) is 29.0. The maximum Gasteiger partial charge on any atom is 0.303 e. The van der Waals surface area contributed by atoms with Crippen molar-refractivity contribution in [1.29, 1.82) is 0 Å². The number of rotatable bonds is 5. The van der Waals surface area contributed by atoms with Gasteiger partial charge in [0.1, 0.15) is 0 Å². The summed E-state index contributed by atoms with van der Waals surface area (Å²) in [5, 5.41) is 0. The number of hydrogen-bond acceptors (Lipinski definition) is 5. The first-order chi connectivity index (χ1) is 20.2. The van der Waals surface area contributed by atoms with Crippen LogP contribution < -0.4 is 4.90 Å². The van der Waals surface area contributed by atoms with Crippen molar-refractivity contribution in [3.8, 4) is 11.8 Å². The van der Waals surface area contributed by atoms with Crippen LogP contribution in [0.15, 0.2) is 47.1 Å². The number of ketones is 2. The second-order valence-corrected chi connectivity index (χ2v) is 13.7. The Morgan fingerprint density at radius 1 is 1.10 bits per heavy atom. The third-order valence-corrected chi connectivity index (χ3v) is 11.5. The van der Waals surface area contributed by atoms with Crippen molar-refractivity contribution in [1.82, 2.24) is 0 Å². The van der Waals surface area contributed by atoms with Gasteiger partial charge in [-0.05, 0) is 116 Å². The van der Waals surface area contributed by atoms with Crippen molar-refractivity contribution >= 4 is 23.2 Å². The van der Waals surface area contributed by atoms with Crippen LogP contribution >= 0.6 is 0 Å². The average molecular weight is 568 g/mol. The van der Waals surface area contributed by atoms with Crippen LogP contribution in [0.3, 0.4) is 0 Å². The Labute approximate surface area is 251 Å². The molecule has 2 saturated carbocycles. The van der Waals surface area contributed by atoms with E-state index in [2.05, 4.69) is 54.9 Å². The summed E-state index contributed by atoms with van der Waals surface area (Å²) < 4.78 is 5.29. The van der Waals surface area contributed by atoms with E-state index in [0.717, 1.165) is 38.8 Å². The van der Waals surface area contributed by atoms with Crippen LogP contribution in [-0.2, 0) is 19.1 Å². The minimum absolute atomic E-state index is 0.0555. The van der Waals surface area contributed by atoms with Crippen molar-refractivity contribution < 1.29 is 19.1 Å². The minimum Gasteiger partial charge on any atom is -0.458 e. The van der Waals surface area contributed by atoms with Gasteiger partial charge < -0.3 is 9.64 Å². The van der Waals surface area contributed by atoms with Crippen molar-refractivity contribution in [2.75, 3.05) is 24.6 Å². The van der Waals surface area contributed by atoms with Crippen LogP contribution in [0.4, 0.5) is 5.69 Å². The van der Waals surface area contributed by atoms with Crippen LogP contribution in [0.1, 0.15) is 97.0 Å². The lowest BCUT2D eigenvalue weighted by Gasteiger charge is -2.55. The van der Waals surface area contributed by atoms with Gasteiger partial charge in [0.25, 0.3) is 0 Å². The first-order valence-corrected chi connectivity index (χ1v) is 16.1. The molecule has 1 aromatic rings. The molecular formula is C37H45NO4. The molecule has 4 aliphatic carbocycles. The number of fused-ring (bicyclic) bond motifs is 4. The summed E-state index contributed by atoms with van der Waals surface area (Å²) in [4.78, 5) is 40.8. The molecule has 3 fully saturated rings. The van der Waals surface area contributed by atoms with Crippen LogP contribution in [0, 0.1) is 40.4 Å². The van der Waals surface area contributed by atoms with Crippen molar-refractivity contribution in [2.45, 2.75) is 91.4 Å². The number of Topliss-reactive ketones (excluding diaryl/α,β-unsaturated/α-hetero) is 1. The molecule has 0 aromatic heterocycles. The Morgan fingerprint density at radius 2 is 1.83 bits per heavy atom. The number of anilines is 1. The molecule has 5 aliphatic rings. The van der Waals surface area contributed by atoms with E-state index in [0.29, 0.717) is 30.6 Å². The van der Waals surface area contributed by atoms with Gasteiger partial charge in [0, 0.05) is 38.0 Å². The van der Waals surface area contributed by atoms with Gasteiger partial charge in [0.05, 0.1) is 5.41 Å². The SMILES string of the molecule is CC#C[C@]1(C(=O)COC(C)=O)CC[C@H]2[C@@H]3CC(C)C4=CC(=O)CCC4=C3C(c3ccc(N4CCCCC4)cc3)C[C@@]21C. The van der Waals surface area contributed by atoms with Gasteiger partial charge in [0.2, 0.25) is 0 Å². The third-order valence-electron chi connectivity index (χ3n) is 11.5. The molecule has 6 rings (SSSR count). The monoisotopic (exact) mass is 567 g/mol. The minimum atomic E-state index is -0.841. The third kappa shape index (κ3) is 4.66. The van der Waals surface area contributed by atoms with Crippen molar-refractivity contribution in [3.05, 3.63) is 52.6 Å². The number of carbonyl (C=O) groups is 3. The van der Waals surface area contributed by atoms with Gasteiger partial charge in [-0.25, -0.2) is 0 Å². The molecule has 0 spiro atoms. The molecular weight excluding hydrogens is 522 g/mol. The van der Waals surface area contributed by atoms with E-state index in [1.54, 1.807) is 0 Å². The van der Waals surface area contributed by atoms with Crippen LogP contribution in [-0.4, -0.2) is 37.2 Å². The smallest absolute Gasteiger partial charge is 0.303 e. The number of piperidine rings is 1. The molecule has 0 amide bonds. The Morgan fingerprint density at radius 3 is 2.52 bits per heavy atom. The molecule has 5 nitrogen and oxygen atoms in total. The number of benzene rings is 1. The predicted octanol–water partition coefficient (Wildman–Crippen LogP) is 6.96. The van der Waals surface area contributed by atoms with E-state index in [4.69, 9.17) is 4.74 Å². The lowest BCUT2D eigenvalue weighted by atomic mass is 9.47. The molecule has 42 heavy (non-hydrogen) atoms. The number of carbonyl (C=O) groups excluding carboxylic acids is 3. The zero-order valence-electron chi connectivity index (χ0n) is 25.8. The van der Waals surface area contributed by atoms with E-state index in [-0.39, 0.29) is 29.5 Å². The molecule has 0 N–H and O–H groups in total. The van der Waals surface area contributed by atoms with Gasteiger partial charge in [-0.3, -0.25) is 14.4 Å². The molecule has 1 aliphatic heterocycles. The Hall–Kier alpha value is -3.13. The molecule has 6 atom stereocenters. The summed E-state index contributed by atoms with van der Waals surface area (Å²) in [6.45, 7) is 9.77. The Balaban J connectivity index is 1.47. The topological polar surface area (TPSA) is 63.7 Å². The summed E-state index contributed by atoms with van der Waals surface area (Å²) in [6.07, 6.45) is 10.6. The van der Waals surface area contributed by atoms with Gasteiger partial charge >= 0.3 is 5.97 Å². The molecule has 1 saturated heterocycles. The average Bonchev–Trinajstić information content (AvgIpc) is 3.29.